The number of carbonyl (C=O) groups is 13. The van der Waals surface area contributed by atoms with Crippen LogP contribution in [0.1, 0.15) is 213 Å². The number of nitrogens with two attached hydrogens (primary N) is 8. The number of aliphatic imine (C=N–C) groups is 4. The number of hydrogen-bond acceptors (Lipinski definition) is 19. The summed E-state index contributed by atoms with van der Waals surface area (Å²) >= 11 is 0. The molecule has 40 nitrogen and oxygen atoms in total. The Labute approximate surface area is 660 Å². The second-order valence-electron chi connectivity index (χ2n) is 28.2. The molecule has 0 saturated carbocycles. The van der Waals surface area contributed by atoms with Crippen LogP contribution in [0.2, 0.25) is 0 Å². The van der Waals surface area contributed by atoms with E-state index in [-0.39, 0.29) is 108 Å². The summed E-state index contributed by atoms with van der Waals surface area (Å²) in [5.74, 6) is -17.2. The van der Waals surface area contributed by atoms with E-state index in [9.17, 15) is 82.8 Å². The van der Waals surface area contributed by atoms with E-state index in [1.165, 1.54) is 57.8 Å². The van der Waals surface area contributed by atoms with E-state index in [0.29, 0.717) is 18.5 Å². The first kappa shape index (κ1) is 100. The Kier molecular flexibility index (Phi) is 51.7. The average molecular weight is 1600 g/mol. The van der Waals surface area contributed by atoms with Crippen LogP contribution < -0.4 is 99.0 Å². The molecule has 9 amide bonds. The van der Waals surface area contributed by atoms with Crippen molar-refractivity contribution in [2.75, 3.05) is 32.7 Å². The van der Waals surface area contributed by atoms with Gasteiger partial charge in [-0.3, -0.25) is 77.5 Å². The summed E-state index contributed by atoms with van der Waals surface area (Å²) < 4.78 is 0. The summed E-state index contributed by atoms with van der Waals surface area (Å²) in [5.41, 5.74) is 45.1. The molecule has 0 heterocycles. The number of aliphatic carboxylic acids is 4. The average Bonchev–Trinajstić information content (AvgIpc) is 0.845. The Morgan fingerprint density at radius 2 is 0.673 bits per heavy atom. The minimum atomic E-state index is -2.04. The zero-order valence-corrected chi connectivity index (χ0v) is 65.8. The lowest BCUT2D eigenvalue weighted by Gasteiger charge is -2.29. The number of aliphatic hydroxyl groups excluding tert-OH is 1. The van der Waals surface area contributed by atoms with Crippen molar-refractivity contribution >= 4 is 101 Å². The number of carboxylic acid groups (broad SMARTS) is 4. The third-order valence-corrected chi connectivity index (χ3v) is 17.8. The van der Waals surface area contributed by atoms with Crippen LogP contribution in [0.3, 0.4) is 0 Å². The zero-order chi connectivity index (χ0) is 84.8. The molecule has 31 N–H and O–H groups in total. The monoisotopic (exact) mass is 1600 g/mol. The standard InChI is InChI=1S/C73H128N22O18/c1-5-6-7-8-9-10-11-12-13-14-15-16-17-21-36-82-47(28-22-37-83-70(74)75)60(103)87-48(29-23-38-84-71(76)77)62(105)90-51(32-34-56(97)98)64(107)89-49(30-24-39-85-72(78)79)61(104)88-50(31-25-40-86-73(80)81)63(106)94-55(43-58(101)102)66(109)92-53(41-44(2)3)65(108)93-54(42-46-26-19-18-20-27-46)67(110)95-59(45(4)96)68(111)91-52(69(112)113)33-35-57(99)100/h18-20,26-27,44-45,47-55,59,82,96H,5-17,21-25,28-43H2,1-4H3,(H,87,103)(H,88,104)(H,89,107)(H,90,105)(H,91,111)(H,92,109)(H,93,108)(H,94,106)(H,95,110)(H,97,98)(H,99,100)(H,101,102)(H,112,113)(H4,74,75,83)(H4,76,77,84)(H4,78,79,85)(H4,80,81,86)/t45-,47+,48+,49+,50+,51+,52+,53+,54+,55+,59+/m1/s1. The molecule has 0 aliphatic rings. The summed E-state index contributed by atoms with van der Waals surface area (Å²) in [5, 5.41) is 75.0. The fourth-order valence-electron chi connectivity index (χ4n) is 11.8. The fraction of sp³-hybridized carbons (Fsp3) is 0.685. The van der Waals surface area contributed by atoms with E-state index in [0.717, 1.165) is 39.0 Å². The molecule has 0 unspecified atom stereocenters. The predicted molar refractivity (Wildman–Crippen MR) is 424 cm³/mol. The molecular formula is C73H128N22O18. The number of rotatable bonds is 64. The smallest absolute Gasteiger partial charge is 0.326 e. The van der Waals surface area contributed by atoms with Gasteiger partial charge in [0.1, 0.15) is 54.4 Å². The molecule has 0 bridgehead atoms. The van der Waals surface area contributed by atoms with Crippen molar-refractivity contribution in [3.8, 4) is 0 Å². The quantitative estimate of drug-likeness (QED) is 0.0190. The van der Waals surface area contributed by atoms with Gasteiger partial charge in [-0.2, -0.15) is 0 Å². The van der Waals surface area contributed by atoms with Crippen LogP contribution in [0.25, 0.3) is 0 Å². The van der Waals surface area contributed by atoms with Crippen LogP contribution in [0.15, 0.2) is 50.3 Å². The molecule has 0 aliphatic heterocycles. The van der Waals surface area contributed by atoms with Gasteiger partial charge in [0.05, 0.1) is 18.6 Å². The van der Waals surface area contributed by atoms with E-state index in [4.69, 9.17) is 51.0 Å². The fourth-order valence-corrected chi connectivity index (χ4v) is 11.8. The number of aliphatic hydroxyl groups is 1. The summed E-state index contributed by atoms with van der Waals surface area (Å²) in [7, 11) is 0. The highest BCUT2D eigenvalue weighted by molar-refractivity contribution is 5.99. The first-order valence-electron chi connectivity index (χ1n) is 38.8. The minimum absolute atomic E-state index is 0.00279. The number of unbranched alkanes of at least 4 members (excludes halogenated alkanes) is 13. The van der Waals surface area contributed by atoms with Gasteiger partial charge in [0.15, 0.2) is 23.8 Å². The van der Waals surface area contributed by atoms with Gasteiger partial charge in [-0.1, -0.05) is 135 Å². The van der Waals surface area contributed by atoms with Crippen LogP contribution in [-0.2, 0) is 68.7 Å². The summed E-state index contributed by atoms with van der Waals surface area (Å²) in [6, 6.07) is -8.28. The molecule has 113 heavy (non-hydrogen) atoms. The number of guanidine groups is 4. The predicted octanol–water partition coefficient (Wildman–Crippen LogP) is -2.04. The van der Waals surface area contributed by atoms with Crippen molar-refractivity contribution < 1.29 is 87.9 Å². The molecule has 1 aromatic carbocycles. The van der Waals surface area contributed by atoms with Gasteiger partial charge in [0.2, 0.25) is 53.2 Å². The van der Waals surface area contributed by atoms with Crippen molar-refractivity contribution in [2.24, 2.45) is 71.8 Å². The Bertz CT molecular complexity index is 3240. The van der Waals surface area contributed by atoms with E-state index >= 15 is 0 Å². The maximum Gasteiger partial charge on any atom is 0.326 e. The number of nitrogens with zero attached hydrogens (tertiary/aromatic N) is 4. The molecule has 0 aromatic heterocycles. The Hall–Kier alpha value is -10.7. The molecule has 0 saturated heterocycles. The van der Waals surface area contributed by atoms with Crippen molar-refractivity contribution in [1.29, 1.82) is 0 Å². The molecule has 0 radical (unpaired) electrons. The molecule has 1 rings (SSSR count). The van der Waals surface area contributed by atoms with Gasteiger partial charge >= 0.3 is 23.9 Å². The van der Waals surface area contributed by atoms with Crippen molar-refractivity contribution in [3.05, 3.63) is 35.9 Å². The third kappa shape index (κ3) is 48.0. The van der Waals surface area contributed by atoms with Crippen molar-refractivity contribution in [1.82, 2.24) is 53.2 Å². The molecule has 11 atom stereocenters. The number of carboxylic acids is 4. The zero-order valence-electron chi connectivity index (χ0n) is 65.8. The highest BCUT2D eigenvalue weighted by Crippen LogP contribution is 2.16. The van der Waals surface area contributed by atoms with Crippen molar-refractivity contribution in [3.63, 3.8) is 0 Å². The van der Waals surface area contributed by atoms with Crippen LogP contribution in [0.4, 0.5) is 0 Å². The molecule has 638 valence electrons. The maximum atomic E-state index is 14.8. The first-order chi connectivity index (χ1) is 53.5. The van der Waals surface area contributed by atoms with Crippen LogP contribution in [-0.4, -0.2) is 226 Å². The highest BCUT2D eigenvalue weighted by Gasteiger charge is 2.38. The third-order valence-electron chi connectivity index (χ3n) is 17.8. The molecular weight excluding hydrogens is 1470 g/mol. The number of carbonyl (C=O) groups excluding carboxylic acids is 9. The van der Waals surface area contributed by atoms with Gasteiger partial charge in [-0.05, 0) is 102 Å². The van der Waals surface area contributed by atoms with Gasteiger partial charge in [0, 0.05) is 45.4 Å². The topological polar surface area (TPSA) is 701 Å². The van der Waals surface area contributed by atoms with E-state index in [1.807, 2.05) is 0 Å². The number of benzene rings is 1. The van der Waals surface area contributed by atoms with Crippen LogP contribution in [0.5, 0.6) is 0 Å². The largest absolute Gasteiger partial charge is 0.481 e. The lowest BCUT2D eigenvalue weighted by molar-refractivity contribution is -0.144. The molecule has 0 spiro atoms. The van der Waals surface area contributed by atoms with Crippen LogP contribution in [0, 0.1) is 5.92 Å². The maximum absolute atomic E-state index is 14.8. The Morgan fingerprint density at radius 1 is 0.354 bits per heavy atom. The number of amides is 9. The lowest BCUT2D eigenvalue weighted by atomic mass is 10.00. The summed E-state index contributed by atoms with van der Waals surface area (Å²) in [6.07, 6.45) is 10.0. The first-order valence-corrected chi connectivity index (χ1v) is 38.8. The normalized spacial score (nSPS) is 13.9. The van der Waals surface area contributed by atoms with Gasteiger partial charge in [0.25, 0.3) is 0 Å². The number of hydrogen-bond donors (Lipinski definition) is 23. The SMILES string of the molecule is CCCCCCCCCCCCCCCCN[C@@H](CCCN=C(N)N)C(=O)N[C@@H](CCCN=C(N)N)C(=O)N[C@@H](CCC(=O)O)C(=O)N[C@@H](CCCN=C(N)N)C(=O)N[C@@H](CCCN=C(N)N)C(=O)N[C@@H](CC(=O)O)C(=O)N[C@@H](CC(C)C)C(=O)N[C@@H](Cc1ccccc1)C(=O)N[C@H](C(=O)N[C@@H](CCC(=O)O)C(=O)O)[C@@H](C)O. The van der Waals surface area contributed by atoms with E-state index in [1.54, 1.807) is 44.2 Å². The minimum Gasteiger partial charge on any atom is -0.481 e. The second-order valence-corrected chi connectivity index (χ2v) is 28.2. The Balaban J connectivity index is 3.78. The second kappa shape index (κ2) is 58.2. The van der Waals surface area contributed by atoms with E-state index < -0.39 is 182 Å². The molecule has 40 heteroatoms. The highest BCUT2D eigenvalue weighted by atomic mass is 16.4. The van der Waals surface area contributed by atoms with Crippen LogP contribution >= 0.6 is 0 Å². The van der Waals surface area contributed by atoms with Gasteiger partial charge in [-0.15, -0.1) is 0 Å². The summed E-state index contributed by atoms with van der Waals surface area (Å²) in [6.45, 7) is 6.95. The number of nitrogens with one attached hydrogen (secondary N) is 10. The van der Waals surface area contributed by atoms with Gasteiger partial charge < -0.3 is 125 Å². The van der Waals surface area contributed by atoms with E-state index in [2.05, 4.69) is 80.1 Å². The van der Waals surface area contributed by atoms with Crippen molar-refractivity contribution in [2.45, 2.75) is 280 Å². The lowest BCUT2D eigenvalue weighted by Crippen LogP contribution is -2.61. The Morgan fingerprint density at radius 3 is 1.04 bits per heavy atom. The molecule has 1 aromatic rings. The molecule has 0 fully saturated rings. The summed E-state index contributed by atoms with van der Waals surface area (Å²) in [4.78, 5) is 193. The van der Waals surface area contributed by atoms with Gasteiger partial charge in [-0.25, -0.2) is 4.79 Å². The molecule has 0 aliphatic carbocycles.